The maximum Gasteiger partial charge on any atom is 0.312 e. The molecule has 1 heterocycles. The van der Waals surface area contributed by atoms with Crippen LogP contribution in [-0.4, -0.2) is 32.3 Å². The zero-order chi connectivity index (χ0) is 11.3. The van der Waals surface area contributed by atoms with E-state index in [1.165, 1.54) is 7.11 Å². The lowest BCUT2D eigenvalue weighted by molar-refractivity contribution is -0.151. The minimum absolute atomic E-state index is 0.219. The van der Waals surface area contributed by atoms with E-state index >= 15 is 0 Å². The average Bonchev–Trinajstić information content (AvgIpc) is 2.77. The molecule has 0 aromatic rings. The third kappa shape index (κ3) is 3.18. The Kier molecular flexibility index (Phi) is 4.54. The lowest BCUT2D eigenvalue weighted by Gasteiger charge is -2.25. The van der Waals surface area contributed by atoms with Gasteiger partial charge in [-0.15, -0.1) is 0 Å². The summed E-state index contributed by atoms with van der Waals surface area (Å²) < 4.78 is 10.3. The van der Waals surface area contributed by atoms with Gasteiger partial charge in [-0.1, -0.05) is 0 Å². The molecule has 0 bridgehead atoms. The first-order valence-electron chi connectivity index (χ1n) is 5.52. The number of nitrogens with two attached hydrogens (primary N) is 1. The molecular formula is C11H21NO3. The Hall–Kier alpha value is -0.610. The fourth-order valence-electron chi connectivity index (χ4n) is 1.89. The summed E-state index contributed by atoms with van der Waals surface area (Å²) >= 11 is 0. The molecule has 0 amide bonds. The Morgan fingerprint density at radius 3 is 2.87 bits per heavy atom. The van der Waals surface area contributed by atoms with Crippen LogP contribution in [0.3, 0.4) is 0 Å². The predicted molar refractivity (Wildman–Crippen MR) is 57.4 cm³/mol. The molecule has 1 rings (SSSR count). The Labute approximate surface area is 91.1 Å². The molecule has 0 aliphatic carbocycles. The monoisotopic (exact) mass is 215 g/mol. The van der Waals surface area contributed by atoms with Crippen LogP contribution in [0.1, 0.15) is 32.6 Å². The van der Waals surface area contributed by atoms with E-state index in [1.807, 2.05) is 6.92 Å². The van der Waals surface area contributed by atoms with Crippen LogP contribution in [0.2, 0.25) is 0 Å². The molecule has 0 aromatic carbocycles. The van der Waals surface area contributed by atoms with E-state index in [4.69, 9.17) is 15.2 Å². The summed E-state index contributed by atoms with van der Waals surface area (Å²) in [6.45, 7) is 3.03. The maximum absolute atomic E-state index is 11.5. The number of hydrogen-bond acceptors (Lipinski definition) is 4. The molecule has 1 aliphatic rings. The first-order chi connectivity index (χ1) is 7.12. The van der Waals surface area contributed by atoms with Gasteiger partial charge in [0.15, 0.2) is 0 Å². The van der Waals surface area contributed by atoms with Crippen LogP contribution in [0, 0.1) is 5.41 Å². The smallest absolute Gasteiger partial charge is 0.312 e. The first-order valence-corrected chi connectivity index (χ1v) is 5.52. The van der Waals surface area contributed by atoms with Crippen LogP contribution < -0.4 is 5.73 Å². The highest BCUT2D eigenvalue weighted by atomic mass is 16.5. The first kappa shape index (κ1) is 12.5. The number of carbonyl (C=O) groups excluding carboxylic acids is 1. The summed E-state index contributed by atoms with van der Waals surface area (Å²) in [5, 5.41) is 0. The normalized spacial score (nSPS) is 24.9. The van der Waals surface area contributed by atoms with Crippen molar-refractivity contribution in [3.63, 3.8) is 0 Å². The van der Waals surface area contributed by atoms with Crippen molar-refractivity contribution >= 4 is 5.97 Å². The Morgan fingerprint density at radius 1 is 1.67 bits per heavy atom. The van der Waals surface area contributed by atoms with E-state index in [0.717, 1.165) is 32.3 Å². The summed E-state index contributed by atoms with van der Waals surface area (Å²) in [7, 11) is 1.41. The average molecular weight is 215 g/mol. The van der Waals surface area contributed by atoms with Gasteiger partial charge in [0.25, 0.3) is 0 Å². The summed E-state index contributed by atoms with van der Waals surface area (Å²) in [6.07, 6.45) is 4.16. The molecule has 0 radical (unpaired) electrons. The molecule has 0 spiro atoms. The van der Waals surface area contributed by atoms with Crippen LogP contribution in [0.5, 0.6) is 0 Å². The van der Waals surface area contributed by atoms with Crippen molar-refractivity contribution in [2.24, 2.45) is 11.1 Å². The van der Waals surface area contributed by atoms with Gasteiger partial charge in [-0.3, -0.25) is 4.79 Å². The summed E-state index contributed by atoms with van der Waals surface area (Å²) in [6, 6.07) is 0. The minimum Gasteiger partial charge on any atom is -0.469 e. The fourth-order valence-corrected chi connectivity index (χ4v) is 1.89. The Balaban J connectivity index is 2.41. The molecule has 2 N–H and O–H groups in total. The van der Waals surface area contributed by atoms with Gasteiger partial charge in [0, 0.05) is 13.2 Å². The number of esters is 1. The Morgan fingerprint density at radius 2 is 2.40 bits per heavy atom. The van der Waals surface area contributed by atoms with Crippen LogP contribution in [0.25, 0.3) is 0 Å². The van der Waals surface area contributed by atoms with Crippen molar-refractivity contribution in [3.05, 3.63) is 0 Å². The molecule has 0 aromatic heterocycles. The highest BCUT2D eigenvalue weighted by molar-refractivity contribution is 5.76. The highest BCUT2D eigenvalue weighted by Gasteiger charge is 2.33. The second kappa shape index (κ2) is 5.47. The van der Waals surface area contributed by atoms with Crippen molar-refractivity contribution in [1.29, 1.82) is 0 Å². The zero-order valence-corrected chi connectivity index (χ0v) is 9.62. The molecule has 1 aliphatic heterocycles. The van der Waals surface area contributed by atoms with Gasteiger partial charge >= 0.3 is 5.97 Å². The molecule has 15 heavy (non-hydrogen) atoms. The fraction of sp³-hybridized carbons (Fsp3) is 0.909. The molecule has 0 saturated carbocycles. The number of methoxy groups -OCH3 is 1. The van der Waals surface area contributed by atoms with Gasteiger partial charge in [0.2, 0.25) is 0 Å². The van der Waals surface area contributed by atoms with E-state index < -0.39 is 5.41 Å². The molecule has 2 unspecified atom stereocenters. The van der Waals surface area contributed by atoms with E-state index in [-0.39, 0.29) is 5.97 Å². The van der Waals surface area contributed by atoms with Crippen molar-refractivity contribution in [2.45, 2.75) is 38.7 Å². The van der Waals surface area contributed by atoms with Gasteiger partial charge in [0.1, 0.15) is 0 Å². The van der Waals surface area contributed by atoms with Crippen molar-refractivity contribution in [1.82, 2.24) is 0 Å². The highest BCUT2D eigenvalue weighted by Crippen LogP contribution is 2.27. The molecule has 1 saturated heterocycles. The maximum atomic E-state index is 11.5. The summed E-state index contributed by atoms with van der Waals surface area (Å²) in [5.74, 6) is -0.219. The van der Waals surface area contributed by atoms with E-state index in [0.29, 0.717) is 12.6 Å². The topological polar surface area (TPSA) is 61.5 Å². The van der Waals surface area contributed by atoms with E-state index in [9.17, 15) is 4.79 Å². The number of carbonyl (C=O) groups is 1. The van der Waals surface area contributed by atoms with Crippen LogP contribution in [0.15, 0.2) is 0 Å². The third-order valence-corrected chi connectivity index (χ3v) is 3.17. The number of rotatable bonds is 5. The lowest BCUT2D eigenvalue weighted by Crippen LogP contribution is -2.37. The SMILES string of the molecule is COC(=O)C(C)(CN)CCC1CCCO1. The van der Waals surface area contributed by atoms with Gasteiger partial charge < -0.3 is 15.2 Å². The van der Waals surface area contributed by atoms with Gasteiger partial charge in [0.05, 0.1) is 18.6 Å². The zero-order valence-electron chi connectivity index (χ0n) is 9.62. The van der Waals surface area contributed by atoms with Crippen molar-refractivity contribution in [3.8, 4) is 0 Å². The second-order valence-corrected chi connectivity index (χ2v) is 4.43. The van der Waals surface area contributed by atoms with E-state index in [1.54, 1.807) is 0 Å². The standard InChI is InChI=1S/C11H21NO3/c1-11(8-12,10(13)14-2)6-5-9-4-3-7-15-9/h9H,3-8,12H2,1-2H3. The largest absolute Gasteiger partial charge is 0.469 e. The van der Waals surface area contributed by atoms with Gasteiger partial charge in [-0.25, -0.2) is 0 Å². The molecule has 88 valence electrons. The van der Waals surface area contributed by atoms with Crippen LogP contribution in [0.4, 0.5) is 0 Å². The molecule has 2 atom stereocenters. The number of hydrogen-bond donors (Lipinski definition) is 1. The van der Waals surface area contributed by atoms with Crippen LogP contribution in [-0.2, 0) is 14.3 Å². The minimum atomic E-state index is -0.555. The van der Waals surface area contributed by atoms with Gasteiger partial charge in [-0.05, 0) is 32.6 Å². The summed E-state index contributed by atoms with van der Waals surface area (Å²) in [5.41, 5.74) is 5.07. The van der Waals surface area contributed by atoms with Crippen molar-refractivity contribution < 1.29 is 14.3 Å². The third-order valence-electron chi connectivity index (χ3n) is 3.17. The molecule has 4 heteroatoms. The number of ether oxygens (including phenoxy) is 2. The predicted octanol–water partition coefficient (Wildman–Crippen LogP) is 1.08. The molecule has 1 fully saturated rings. The Bertz CT molecular complexity index is 214. The second-order valence-electron chi connectivity index (χ2n) is 4.43. The van der Waals surface area contributed by atoms with Gasteiger partial charge in [-0.2, -0.15) is 0 Å². The summed E-state index contributed by atoms with van der Waals surface area (Å²) in [4.78, 5) is 11.5. The van der Waals surface area contributed by atoms with Crippen LogP contribution >= 0.6 is 0 Å². The molecule has 4 nitrogen and oxygen atoms in total. The quantitative estimate of drug-likeness (QED) is 0.697. The van der Waals surface area contributed by atoms with E-state index in [2.05, 4.69) is 0 Å². The molecular weight excluding hydrogens is 194 g/mol. The van der Waals surface area contributed by atoms with Crippen molar-refractivity contribution in [2.75, 3.05) is 20.3 Å². The lowest BCUT2D eigenvalue weighted by atomic mass is 9.84.